The van der Waals surface area contributed by atoms with Crippen LogP contribution in [0.15, 0.2) is 40.0 Å². The van der Waals surface area contributed by atoms with Gasteiger partial charge >= 0.3 is 0 Å². The van der Waals surface area contributed by atoms with Gasteiger partial charge in [0.05, 0.1) is 16.7 Å². The van der Waals surface area contributed by atoms with Gasteiger partial charge in [-0.2, -0.15) is 4.31 Å². The molecule has 0 radical (unpaired) electrons. The highest BCUT2D eigenvalue weighted by Gasteiger charge is 2.34. The highest BCUT2D eigenvalue weighted by Crippen LogP contribution is 2.29. The molecule has 2 amide bonds. The SMILES string of the molecule is Cc1cc(C)c(S(=O)(=O)N2CCC(C(=O)NC3CCN(C(=O)c4ccoc4)CC3)CC2)c(C)c1. The van der Waals surface area contributed by atoms with E-state index in [1.165, 1.54) is 16.8 Å². The number of piperidine rings is 2. The van der Waals surface area contributed by atoms with Crippen molar-refractivity contribution < 1.29 is 22.4 Å². The lowest BCUT2D eigenvalue weighted by molar-refractivity contribution is -0.127. The molecule has 2 aromatic rings. The fraction of sp³-hybridized carbons (Fsp3) is 0.520. The first-order valence-corrected chi connectivity index (χ1v) is 13.3. The topological polar surface area (TPSA) is 99.9 Å². The Bertz CT molecular complexity index is 1120. The van der Waals surface area contributed by atoms with Crippen molar-refractivity contribution in [1.82, 2.24) is 14.5 Å². The van der Waals surface area contributed by atoms with E-state index in [9.17, 15) is 18.0 Å². The molecule has 9 heteroatoms. The van der Waals surface area contributed by atoms with Crippen LogP contribution in [0.3, 0.4) is 0 Å². The number of benzene rings is 1. The molecule has 3 heterocycles. The second-order valence-electron chi connectivity index (χ2n) is 9.49. The minimum Gasteiger partial charge on any atom is -0.472 e. The molecule has 184 valence electrons. The van der Waals surface area contributed by atoms with Gasteiger partial charge in [-0.25, -0.2) is 8.42 Å². The summed E-state index contributed by atoms with van der Waals surface area (Å²) in [5, 5.41) is 3.13. The summed E-state index contributed by atoms with van der Waals surface area (Å²) < 4.78 is 33.1. The number of sulfonamides is 1. The zero-order valence-electron chi connectivity index (χ0n) is 20.0. The summed E-state index contributed by atoms with van der Waals surface area (Å²) >= 11 is 0. The van der Waals surface area contributed by atoms with Gasteiger partial charge in [-0.3, -0.25) is 9.59 Å². The van der Waals surface area contributed by atoms with Gasteiger partial charge in [-0.1, -0.05) is 17.7 Å². The van der Waals surface area contributed by atoms with Crippen LogP contribution in [0.2, 0.25) is 0 Å². The summed E-state index contributed by atoms with van der Waals surface area (Å²) in [4.78, 5) is 27.5. The van der Waals surface area contributed by atoms with Crippen LogP contribution in [0.4, 0.5) is 0 Å². The van der Waals surface area contributed by atoms with E-state index < -0.39 is 10.0 Å². The summed E-state index contributed by atoms with van der Waals surface area (Å²) in [6, 6.07) is 5.48. The number of hydrogen-bond donors (Lipinski definition) is 1. The van der Waals surface area contributed by atoms with Gasteiger partial charge in [0.25, 0.3) is 5.91 Å². The molecule has 2 saturated heterocycles. The van der Waals surface area contributed by atoms with Crippen LogP contribution < -0.4 is 5.32 Å². The van der Waals surface area contributed by atoms with E-state index in [0.29, 0.717) is 62.3 Å². The van der Waals surface area contributed by atoms with Gasteiger partial charge in [-0.05, 0) is 63.6 Å². The molecular formula is C25H33N3O5S. The number of likely N-dealkylation sites (tertiary alicyclic amines) is 1. The standard InChI is InChI=1S/C25H33N3O5S/c1-17-14-18(2)23(19(3)15-17)34(31,32)28-11-4-20(5-12-28)24(29)26-22-6-9-27(10-7-22)25(30)21-8-13-33-16-21/h8,13-16,20,22H,4-7,9-12H2,1-3H3,(H,26,29). The molecule has 0 spiro atoms. The Labute approximate surface area is 201 Å². The minimum atomic E-state index is -3.59. The van der Waals surface area contributed by atoms with Crippen LogP contribution in [-0.2, 0) is 14.8 Å². The third kappa shape index (κ3) is 5.05. The van der Waals surface area contributed by atoms with Gasteiger partial charge in [-0.15, -0.1) is 0 Å². The first-order chi connectivity index (χ1) is 16.2. The second-order valence-corrected chi connectivity index (χ2v) is 11.4. The molecular weight excluding hydrogens is 454 g/mol. The number of aryl methyl sites for hydroxylation is 3. The maximum Gasteiger partial charge on any atom is 0.257 e. The highest BCUT2D eigenvalue weighted by molar-refractivity contribution is 7.89. The van der Waals surface area contributed by atoms with Crippen LogP contribution in [-0.4, -0.2) is 61.7 Å². The maximum atomic E-state index is 13.3. The largest absolute Gasteiger partial charge is 0.472 e. The molecule has 2 aliphatic rings. The van der Waals surface area contributed by atoms with Crippen molar-refractivity contribution >= 4 is 21.8 Å². The zero-order valence-corrected chi connectivity index (χ0v) is 20.9. The first kappa shape index (κ1) is 24.5. The number of nitrogens with zero attached hydrogens (tertiary/aromatic N) is 2. The lowest BCUT2D eigenvalue weighted by atomic mass is 9.95. The number of carbonyl (C=O) groups is 2. The van der Waals surface area contributed by atoms with Crippen LogP contribution in [0.25, 0.3) is 0 Å². The van der Waals surface area contributed by atoms with Crippen molar-refractivity contribution in [2.24, 2.45) is 5.92 Å². The Balaban J connectivity index is 1.28. The van der Waals surface area contributed by atoms with Crippen molar-refractivity contribution in [3.63, 3.8) is 0 Å². The van der Waals surface area contributed by atoms with E-state index in [0.717, 1.165) is 16.7 Å². The number of nitrogens with one attached hydrogen (secondary N) is 1. The van der Waals surface area contributed by atoms with E-state index in [1.807, 2.05) is 32.9 Å². The summed E-state index contributed by atoms with van der Waals surface area (Å²) in [5.74, 6) is -0.261. The third-order valence-corrected chi connectivity index (χ3v) is 9.13. The Morgan fingerprint density at radius 1 is 0.971 bits per heavy atom. The number of carbonyl (C=O) groups excluding carboxylic acids is 2. The molecule has 0 unspecified atom stereocenters. The van der Waals surface area contributed by atoms with E-state index in [1.54, 1.807) is 11.0 Å². The molecule has 1 N–H and O–H groups in total. The molecule has 0 saturated carbocycles. The molecule has 0 bridgehead atoms. The average Bonchev–Trinajstić information content (AvgIpc) is 3.33. The Morgan fingerprint density at radius 2 is 1.59 bits per heavy atom. The minimum absolute atomic E-state index is 0.0145. The third-order valence-electron chi connectivity index (χ3n) is 6.92. The molecule has 0 atom stereocenters. The van der Waals surface area contributed by atoms with E-state index >= 15 is 0 Å². The lowest BCUT2D eigenvalue weighted by Crippen LogP contribution is -2.49. The molecule has 4 rings (SSSR count). The fourth-order valence-corrected chi connectivity index (χ4v) is 7.06. The second kappa shape index (κ2) is 9.92. The summed E-state index contributed by atoms with van der Waals surface area (Å²) in [5.41, 5.74) is 3.10. The van der Waals surface area contributed by atoms with Crippen LogP contribution in [0, 0.1) is 26.7 Å². The lowest BCUT2D eigenvalue weighted by Gasteiger charge is -2.35. The molecule has 2 fully saturated rings. The quantitative estimate of drug-likeness (QED) is 0.699. The van der Waals surface area contributed by atoms with E-state index in [4.69, 9.17) is 4.42 Å². The van der Waals surface area contributed by atoms with Gasteiger partial charge in [0, 0.05) is 38.1 Å². The number of rotatable bonds is 5. The van der Waals surface area contributed by atoms with E-state index in [2.05, 4.69) is 5.32 Å². The Kier molecular flexibility index (Phi) is 7.14. The molecule has 1 aromatic heterocycles. The zero-order chi connectivity index (χ0) is 24.5. The number of furan rings is 1. The molecule has 0 aliphatic carbocycles. The number of amides is 2. The number of hydrogen-bond acceptors (Lipinski definition) is 5. The fourth-order valence-electron chi connectivity index (χ4n) is 5.18. The van der Waals surface area contributed by atoms with Gasteiger partial charge in [0.1, 0.15) is 6.26 Å². The van der Waals surface area contributed by atoms with Crippen molar-refractivity contribution in [2.75, 3.05) is 26.2 Å². The molecule has 34 heavy (non-hydrogen) atoms. The van der Waals surface area contributed by atoms with E-state index in [-0.39, 0.29) is 23.8 Å². The van der Waals surface area contributed by atoms with Crippen LogP contribution in [0.1, 0.15) is 52.7 Å². The monoisotopic (exact) mass is 487 g/mol. The summed E-state index contributed by atoms with van der Waals surface area (Å²) in [7, 11) is -3.59. The molecule has 1 aromatic carbocycles. The Morgan fingerprint density at radius 3 is 2.15 bits per heavy atom. The highest BCUT2D eigenvalue weighted by atomic mass is 32.2. The Hall–Kier alpha value is -2.65. The first-order valence-electron chi connectivity index (χ1n) is 11.9. The van der Waals surface area contributed by atoms with Crippen molar-refractivity contribution in [1.29, 1.82) is 0 Å². The molecule has 2 aliphatic heterocycles. The normalized spacial score (nSPS) is 18.7. The van der Waals surface area contributed by atoms with Gasteiger partial charge in [0.15, 0.2) is 0 Å². The van der Waals surface area contributed by atoms with Crippen molar-refractivity contribution in [3.8, 4) is 0 Å². The molecule has 8 nitrogen and oxygen atoms in total. The van der Waals surface area contributed by atoms with Crippen molar-refractivity contribution in [3.05, 3.63) is 53.0 Å². The predicted molar refractivity (Wildman–Crippen MR) is 128 cm³/mol. The van der Waals surface area contributed by atoms with Crippen LogP contribution in [0.5, 0.6) is 0 Å². The summed E-state index contributed by atoms with van der Waals surface area (Å²) in [6.07, 6.45) is 5.35. The van der Waals surface area contributed by atoms with Gasteiger partial charge in [0.2, 0.25) is 15.9 Å². The average molecular weight is 488 g/mol. The summed E-state index contributed by atoms with van der Waals surface area (Å²) in [6.45, 7) is 7.47. The van der Waals surface area contributed by atoms with Gasteiger partial charge < -0.3 is 14.6 Å². The predicted octanol–water partition coefficient (Wildman–Crippen LogP) is 3.03. The maximum absolute atomic E-state index is 13.3. The van der Waals surface area contributed by atoms with Crippen molar-refractivity contribution in [2.45, 2.75) is 57.4 Å². The van der Waals surface area contributed by atoms with Crippen LogP contribution >= 0.6 is 0 Å². The smallest absolute Gasteiger partial charge is 0.257 e.